The second-order valence-electron chi connectivity index (χ2n) is 8.48. The molecule has 3 aromatic heterocycles. The smallest absolute Gasteiger partial charge is 0.339 e. The first-order valence-corrected chi connectivity index (χ1v) is 10.9. The molecule has 34 heavy (non-hydrogen) atoms. The minimum Gasteiger partial charge on any atom is -0.478 e. The zero-order valence-corrected chi connectivity index (χ0v) is 19.3. The van der Waals surface area contributed by atoms with Gasteiger partial charge < -0.3 is 14.5 Å². The van der Waals surface area contributed by atoms with Gasteiger partial charge in [-0.3, -0.25) is 9.20 Å². The molecule has 1 N–H and O–H groups in total. The summed E-state index contributed by atoms with van der Waals surface area (Å²) in [5.74, 6) is -1.20. The fourth-order valence-electron chi connectivity index (χ4n) is 4.68. The SMILES string of the molecule is Cc1nc2c(C(=O)O)cccn2c(=O)c1CCN1CCC(c2noc3cc(F)ccc23)CC1.Cl. The van der Waals surface area contributed by atoms with E-state index in [4.69, 9.17) is 4.52 Å². The van der Waals surface area contributed by atoms with Crippen LogP contribution in [0.4, 0.5) is 4.39 Å². The lowest BCUT2D eigenvalue weighted by atomic mass is 9.91. The van der Waals surface area contributed by atoms with Crippen LogP contribution in [-0.2, 0) is 6.42 Å². The molecule has 1 fully saturated rings. The van der Waals surface area contributed by atoms with Crippen LogP contribution in [0.15, 0.2) is 45.8 Å². The Bertz CT molecular complexity index is 1430. The van der Waals surface area contributed by atoms with Gasteiger partial charge in [0.2, 0.25) is 0 Å². The normalized spacial score (nSPS) is 15.0. The molecule has 1 saturated heterocycles. The lowest BCUT2D eigenvalue weighted by molar-refractivity contribution is 0.0698. The standard InChI is InChI=1S/C24H23FN4O4.ClH/c1-14-17(23(30)29-9-2-3-19(24(31)32)22(29)26-14)8-12-28-10-6-15(7-11-28)21-18-5-4-16(25)13-20(18)33-27-21;/h2-5,9,13,15H,6-8,10-12H2,1H3,(H,31,32);1H. The summed E-state index contributed by atoms with van der Waals surface area (Å²) in [6, 6.07) is 7.50. The molecule has 0 spiro atoms. The molecule has 4 aromatic rings. The molecule has 0 radical (unpaired) electrons. The number of aromatic carboxylic acids is 1. The van der Waals surface area contributed by atoms with Crippen LogP contribution < -0.4 is 5.56 Å². The average molecular weight is 487 g/mol. The molecule has 1 aliphatic heterocycles. The summed E-state index contributed by atoms with van der Waals surface area (Å²) >= 11 is 0. The summed E-state index contributed by atoms with van der Waals surface area (Å²) in [5.41, 5.74) is 2.46. The zero-order valence-electron chi connectivity index (χ0n) is 18.5. The minimum atomic E-state index is -1.11. The number of pyridine rings is 1. The molecule has 4 heterocycles. The van der Waals surface area contributed by atoms with Crippen molar-refractivity contribution in [3.05, 3.63) is 75.2 Å². The van der Waals surface area contributed by atoms with Crippen LogP contribution >= 0.6 is 12.4 Å². The van der Waals surface area contributed by atoms with E-state index in [1.165, 1.54) is 22.6 Å². The highest BCUT2D eigenvalue weighted by atomic mass is 35.5. The number of carbonyl (C=O) groups is 1. The molecule has 178 valence electrons. The molecule has 10 heteroatoms. The maximum atomic E-state index is 13.4. The van der Waals surface area contributed by atoms with E-state index in [1.54, 1.807) is 25.3 Å². The third-order valence-electron chi connectivity index (χ3n) is 6.50. The van der Waals surface area contributed by atoms with Crippen molar-refractivity contribution in [2.24, 2.45) is 0 Å². The van der Waals surface area contributed by atoms with Crippen molar-refractivity contribution in [3.63, 3.8) is 0 Å². The van der Waals surface area contributed by atoms with Crippen LogP contribution in [0.1, 0.15) is 46.1 Å². The molecule has 0 aliphatic carbocycles. The third kappa shape index (κ3) is 4.28. The topological polar surface area (TPSA) is 101 Å². The zero-order chi connectivity index (χ0) is 23.1. The van der Waals surface area contributed by atoms with Crippen molar-refractivity contribution in [2.75, 3.05) is 19.6 Å². The molecule has 0 atom stereocenters. The molecule has 0 bridgehead atoms. The van der Waals surface area contributed by atoms with Gasteiger partial charge in [-0.1, -0.05) is 5.16 Å². The number of likely N-dealkylation sites (tertiary alicyclic amines) is 1. The number of rotatable bonds is 5. The molecule has 0 unspecified atom stereocenters. The number of carboxylic acid groups (broad SMARTS) is 1. The average Bonchev–Trinajstić information content (AvgIpc) is 3.22. The summed E-state index contributed by atoms with van der Waals surface area (Å²) in [6.45, 7) is 4.16. The molecule has 1 aliphatic rings. The Kier molecular flexibility index (Phi) is 6.67. The maximum absolute atomic E-state index is 13.4. The monoisotopic (exact) mass is 486 g/mol. The van der Waals surface area contributed by atoms with E-state index in [-0.39, 0.29) is 40.9 Å². The number of piperidine rings is 1. The summed E-state index contributed by atoms with van der Waals surface area (Å²) in [7, 11) is 0. The maximum Gasteiger partial charge on any atom is 0.339 e. The fraction of sp³-hybridized carbons (Fsp3) is 0.333. The van der Waals surface area contributed by atoms with Gasteiger partial charge in [0.25, 0.3) is 5.56 Å². The van der Waals surface area contributed by atoms with Gasteiger partial charge >= 0.3 is 5.97 Å². The number of nitrogens with zero attached hydrogens (tertiary/aromatic N) is 4. The summed E-state index contributed by atoms with van der Waals surface area (Å²) in [4.78, 5) is 31.2. The predicted octanol–water partition coefficient (Wildman–Crippen LogP) is 3.83. The van der Waals surface area contributed by atoms with Crippen LogP contribution in [-0.4, -0.2) is 50.2 Å². The van der Waals surface area contributed by atoms with Gasteiger partial charge in [0, 0.05) is 41.4 Å². The van der Waals surface area contributed by atoms with Gasteiger partial charge in [-0.2, -0.15) is 0 Å². The summed E-state index contributed by atoms with van der Waals surface area (Å²) < 4.78 is 20.0. The predicted molar refractivity (Wildman–Crippen MR) is 126 cm³/mol. The van der Waals surface area contributed by atoms with Crippen LogP contribution in [0.3, 0.4) is 0 Å². The highest BCUT2D eigenvalue weighted by Gasteiger charge is 2.25. The van der Waals surface area contributed by atoms with Crippen LogP contribution in [0.25, 0.3) is 16.6 Å². The van der Waals surface area contributed by atoms with E-state index in [9.17, 15) is 19.1 Å². The number of halogens is 2. The van der Waals surface area contributed by atoms with Crippen LogP contribution in [0.5, 0.6) is 0 Å². The first-order chi connectivity index (χ1) is 15.9. The number of aromatic nitrogens is 3. The van der Waals surface area contributed by atoms with E-state index in [1.807, 2.05) is 0 Å². The first kappa shape index (κ1) is 23.8. The number of hydrogen-bond donors (Lipinski definition) is 1. The van der Waals surface area contributed by atoms with Gasteiger partial charge in [0.1, 0.15) is 11.4 Å². The number of carboxylic acids is 1. The second kappa shape index (κ2) is 9.52. The van der Waals surface area contributed by atoms with E-state index in [0.717, 1.165) is 37.0 Å². The second-order valence-corrected chi connectivity index (χ2v) is 8.48. The number of hydrogen-bond acceptors (Lipinski definition) is 6. The largest absolute Gasteiger partial charge is 0.478 e. The van der Waals surface area contributed by atoms with E-state index < -0.39 is 5.97 Å². The number of fused-ring (bicyclic) bond motifs is 2. The Morgan fingerprint density at radius 2 is 2.03 bits per heavy atom. The van der Waals surface area contributed by atoms with Crippen molar-refractivity contribution in [1.29, 1.82) is 0 Å². The molecule has 5 rings (SSSR count). The number of benzene rings is 1. The summed E-state index contributed by atoms with van der Waals surface area (Å²) in [6.07, 6.45) is 3.89. The Morgan fingerprint density at radius 1 is 1.26 bits per heavy atom. The van der Waals surface area contributed by atoms with E-state index >= 15 is 0 Å². The summed E-state index contributed by atoms with van der Waals surface area (Å²) in [5, 5.41) is 14.4. The Morgan fingerprint density at radius 3 is 2.76 bits per heavy atom. The van der Waals surface area contributed by atoms with Crippen LogP contribution in [0.2, 0.25) is 0 Å². The molecule has 0 saturated carbocycles. The number of aryl methyl sites for hydroxylation is 1. The highest BCUT2D eigenvalue weighted by Crippen LogP contribution is 2.32. The Hall–Kier alpha value is -3.30. The fourth-order valence-corrected chi connectivity index (χ4v) is 4.68. The van der Waals surface area contributed by atoms with Crippen molar-refractivity contribution in [2.45, 2.75) is 32.1 Å². The van der Waals surface area contributed by atoms with Gasteiger partial charge in [-0.05, 0) is 63.5 Å². The third-order valence-corrected chi connectivity index (χ3v) is 6.50. The molecular weight excluding hydrogens is 463 g/mol. The quantitative estimate of drug-likeness (QED) is 0.457. The molecule has 1 aromatic carbocycles. The minimum absolute atomic E-state index is 0. The van der Waals surface area contributed by atoms with Crippen molar-refractivity contribution in [3.8, 4) is 0 Å². The molecule has 0 amide bonds. The lowest BCUT2D eigenvalue weighted by Gasteiger charge is -2.31. The lowest BCUT2D eigenvalue weighted by Crippen LogP contribution is -2.36. The molecular formula is C24H24ClFN4O4. The first-order valence-electron chi connectivity index (χ1n) is 10.9. The highest BCUT2D eigenvalue weighted by molar-refractivity contribution is 5.94. The van der Waals surface area contributed by atoms with Crippen molar-refractivity contribution in [1.82, 2.24) is 19.4 Å². The van der Waals surface area contributed by atoms with Crippen molar-refractivity contribution < 1.29 is 18.8 Å². The van der Waals surface area contributed by atoms with Gasteiger partial charge in [-0.25, -0.2) is 14.2 Å². The van der Waals surface area contributed by atoms with Gasteiger partial charge in [-0.15, -0.1) is 12.4 Å². The van der Waals surface area contributed by atoms with E-state index in [0.29, 0.717) is 29.8 Å². The molecule has 8 nitrogen and oxygen atoms in total. The Balaban J connectivity index is 0.00000274. The van der Waals surface area contributed by atoms with Crippen molar-refractivity contribution >= 4 is 35.0 Å². The van der Waals surface area contributed by atoms with E-state index in [2.05, 4.69) is 15.0 Å². The Labute approximate surface area is 200 Å². The van der Waals surface area contributed by atoms with Gasteiger partial charge in [0.15, 0.2) is 11.2 Å². The van der Waals surface area contributed by atoms with Gasteiger partial charge in [0.05, 0.1) is 5.69 Å². The van der Waals surface area contributed by atoms with Crippen LogP contribution in [0, 0.1) is 12.7 Å².